The highest BCUT2D eigenvalue weighted by molar-refractivity contribution is 5.90. The van der Waals surface area contributed by atoms with Crippen LogP contribution in [0.5, 0.6) is 17.2 Å². The average molecular weight is 392 g/mol. The quantitative estimate of drug-likeness (QED) is 0.821. The molecule has 0 aliphatic carbocycles. The lowest BCUT2D eigenvalue weighted by Crippen LogP contribution is -2.34. The predicted octanol–water partition coefficient (Wildman–Crippen LogP) is 4.36. The number of carbonyl (C=O) groups excluding carboxylic acids is 1. The van der Waals surface area contributed by atoms with E-state index < -0.39 is 23.4 Å². The molecule has 1 fully saturated rings. The summed E-state index contributed by atoms with van der Waals surface area (Å²) in [6.07, 6.45) is 1.56. The molecule has 1 atom stereocenters. The van der Waals surface area contributed by atoms with Crippen LogP contribution in [0.4, 0.5) is 19.3 Å². The Kier molecular flexibility index (Phi) is 5.87. The number of carbonyl (C=O) groups is 1. The van der Waals surface area contributed by atoms with E-state index in [0.29, 0.717) is 18.0 Å². The summed E-state index contributed by atoms with van der Waals surface area (Å²) in [5.74, 6) is -0.982. The van der Waals surface area contributed by atoms with Crippen molar-refractivity contribution in [1.82, 2.24) is 4.90 Å². The molecule has 2 amide bonds. The van der Waals surface area contributed by atoms with Crippen molar-refractivity contribution in [2.75, 3.05) is 33.2 Å². The van der Waals surface area contributed by atoms with Gasteiger partial charge in [-0.25, -0.2) is 13.6 Å². The van der Waals surface area contributed by atoms with Crippen LogP contribution in [0.1, 0.15) is 24.4 Å². The largest absolute Gasteiger partial charge is 0.497 e. The summed E-state index contributed by atoms with van der Waals surface area (Å²) >= 11 is 0. The number of anilines is 1. The molecule has 1 saturated heterocycles. The Balaban J connectivity index is 1.82. The number of hydrogen-bond acceptors (Lipinski definition) is 4. The van der Waals surface area contributed by atoms with Crippen molar-refractivity contribution in [3.8, 4) is 17.2 Å². The molecule has 28 heavy (non-hydrogen) atoms. The van der Waals surface area contributed by atoms with Crippen molar-refractivity contribution in [1.29, 1.82) is 0 Å². The fourth-order valence-electron chi connectivity index (χ4n) is 3.45. The summed E-state index contributed by atoms with van der Waals surface area (Å²) in [7, 11) is 4.30. The van der Waals surface area contributed by atoms with Gasteiger partial charge in [-0.2, -0.15) is 0 Å². The Morgan fingerprint density at radius 1 is 1.07 bits per heavy atom. The van der Waals surface area contributed by atoms with Gasteiger partial charge in [0.1, 0.15) is 11.5 Å². The molecule has 2 aromatic rings. The molecule has 1 N–H and O–H groups in total. The molecular formula is C20H22F2N2O4. The highest BCUT2D eigenvalue weighted by atomic mass is 19.1. The fourth-order valence-corrected chi connectivity index (χ4v) is 3.45. The first-order chi connectivity index (χ1) is 13.5. The zero-order chi connectivity index (χ0) is 20.3. The zero-order valence-corrected chi connectivity index (χ0v) is 15.9. The maximum Gasteiger partial charge on any atom is 0.322 e. The van der Waals surface area contributed by atoms with E-state index in [4.69, 9.17) is 9.47 Å². The summed E-state index contributed by atoms with van der Waals surface area (Å²) in [6.45, 7) is 0.521. The van der Waals surface area contributed by atoms with Crippen LogP contribution in [0.25, 0.3) is 0 Å². The van der Waals surface area contributed by atoms with Crippen LogP contribution in [0.15, 0.2) is 30.3 Å². The Hall–Kier alpha value is -3.03. The summed E-state index contributed by atoms with van der Waals surface area (Å²) in [5.41, 5.74) is 0.871. The topological polar surface area (TPSA) is 60.0 Å². The minimum absolute atomic E-state index is 0.0214. The van der Waals surface area contributed by atoms with Gasteiger partial charge < -0.3 is 24.4 Å². The van der Waals surface area contributed by atoms with E-state index >= 15 is 0 Å². The van der Waals surface area contributed by atoms with Crippen LogP contribution in [0, 0.1) is 11.6 Å². The van der Waals surface area contributed by atoms with Gasteiger partial charge in [0.25, 0.3) is 0 Å². The highest BCUT2D eigenvalue weighted by Crippen LogP contribution is 2.39. The minimum atomic E-state index is -0.882. The van der Waals surface area contributed by atoms with Crippen LogP contribution in [0.2, 0.25) is 0 Å². The number of benzene rings is 2. The Labute approximate surface area is 162 Å². The van der Waals surface area contributed by atoms with Gasteiger partial charge in [0.05, 0.1) is 27.4 Å². The third kappa shape index (κ3) is 3.81. The van der Waals surface area contributed by atoms with Crippen molar-refractivity contribution < 1.29 is 27.8 Å². The summed E-state index contributed by atoms with van der Waals surface area (Å²) in [4.78, 5) is 14.4. The van der Waals surface area contributed by atoms with Crippen LogP contribution >= 0.6 is 0 Å². The van der Waals surface area contributed by atoms with E-state index in [0.717, 1.165) is 30.5 Å². The first-order valence-corrected chi connectivity index (χ1v) is 8.81. The smallest absolute Gasteiger partial charge is 0.322 e. The lowest BCUT2D eigenvalue weighted by Gasteiger charge is -2.27. The van der Waals surface area contributed by atoms with Gasteiger partial charge >= 0.3 is 6.03 Å². The number of nitrogens with one attached hydrogen (secondary N) is 1. The molecule has 0 spiro atoms. The molecule has 1 unspecified atom stereocenters. The third-order valence-corrected chi connectivity index (χ3v) is 4.77. The molecule has 0 bridgehead atoms. The van der Waals surface area contributed by atoms with E-state index in [-0.39, 0.29) is 11.7 Å². The molecule has 2 aromatic carbocycles. The zero-order valence-electron chi connectivity index (χ0n) is 15.9. The van der Waals surface area contributed by atoms with Crippen LogP contribution in [-0.2, 0) is 0 Å². The van der Waals surface area contributed by atoms with Crippen molar-refractivity contribution in [2.45, 2.75) is 18.9 Å². The molecule has 1 aliphatic rings. The molecular weight excluding hydrogens is 370 g/mol. The third-order valence-electron chi connectivity index (χ3n) is 4.77. The number of ether oxygens (including phenoxy) is 3. The number of likely N-dealkylation sites (tertiary alicyclic amines) is 1. The highest BCUT2D eigenvalue weighted by Gasteiger charge is 2.32. The lowest BCUT2D eigenvalue weighted by molar-refractivity contribution is 0.206. The number of amides is 2. The number of halogens is 2. The van der Waals surface area contributed by atoms with Crippen molar-refractivity contribution in [2.24, 2.45) is 0 Å². The van der Waals surface area contributed by atoms with E-state index in [1.54, 1.807) is 31.3 Å². The van der Waals surface area contributed by atoms with Crippen molar-refractivity contribution in [3.63, 3.8) is 0 Å². The molecule has 0 aromatic heterocycles. The summed E-state index contributed by atoms with van der Waals surface area (Å²) in [6, 6.07) is 6.83. The molecule has 1 aliphatic heterocycles. The average Bonchev–Trinajstić information content (AvgIpc) is 3.17. The molecule has 1 heterocycles. The van der Waals surface area contributed by atoms with Gasteiger partial charge in [0, 0.05) is 36.0 Å². The number of rotatable bonds is 5. The Morgan fingerprint density at radius 2 is 1.79 bits per heavy atom. The number of hydrogen-bond donors (Lipinski definition) is 1. The number of methoxy groups -OCH3 is 3. The first-order valence-electron chi connectivity index (χ1n) is 8.81. The second-order valence-electron chi connectivity index (χ2n) is 6.36. The maximum absolute atomic E-state index is 13.9. The normalized spacial score (nSPS) is 16.0. The van der Waals surface area contributed by atoms with Crippen LogP contribution in [0.3, 0.4) is 0 Å². The monoisotopic (exact) mass is 392 g/mol. The van der Waals surface area contributed by atoms with Crippen LogP contribution < -0.4 is 19.5 Å². The van der Waals surface area contributed by atoms with Crippen molar-refractivity contribution >= 4 is 11.7 Å². The van der Waals surface area contributed by atoms with E-state index in [9.17, 15) is 13.6 Å². The van der Waals surface area contributed by atoms with E-state index in [1.807, 2.05) is 6.07 Å². The van der Waals surface area contributed by atoms with Gasteiger partial charge in [-0.05, 0) is 25.0 Å². The Morgan fingerprint density at radius 3 is 2.39 bits per heavy atom. The fraction of sp³-hybridized carbons (Fsp3) is 0.350. The molecule has 3 rings (SSSR count). The lowest BCUT2D eigenvalue weighted by atomic mass is 10.0. The maximum atomic E-state index is 13.9. The minimum Gasteiger partial charge on any atom is -0.497 e. The molecule has 0 radical (unpaired) electrons. The Bertz CT molecular complexity index is 852. The van der Waals surface area contributed by atoms with Gasteiger partial charge in [0.2, 0.25) is 0 Å². The second kappa shape index (κ2) is 8.33. The first kappa shape index (κ1) is 19.7. The van der Waals surface area contributed by atoms with Gasteiger partial charge in [-0.1, -0.05) is 0 Å². The van der Waals surface area contributed by atoms with Crippen LogP contribution in [-0.4, -0.2) is 38.8 Å². The van der Waals surface area contributed by atoms with Gasteiger partial charge in [0.15, 0.2) is 17.4 Å². The van der Waals surface area contributed by atoms with E-state index in [1.165, 1.54) is 7.11 Å². The standard InChI is InChI=1S/C20H22F2N2O4/c1-26-13-6-7-14(18(11-13)27-2)17-5-4-8-24(17)20(25)23-12-9-15(21)19(28-3)16(22)10-12/h6-7,9-11,17H,4-5,8H2,1-3H3,(H,23,25). The number of nitrogens with zero attached hydrogens (tertiary/aromatic N) is 1. The SMILES string of the molecule is COc1ccc(C2CCCN2C(=O)Nc2cc(F)c(OC)c(F)c2)c(OC)c1. The number of urea groups is 1. The molecule has 0 saturated carbocycles. The molecule has 150 valence electrons. The summed E-state index contributed by atoms with van der Waals surface area (Å²) in [5, 5.41) is 2.56. The summed E-state index contributed by atoms with van der Waals surface area (Å²) < 4.78 is 43.1. The van der Waals surface area contributed by atoms with Gasteiger partial charge in [-0.3, -0.25) is 0 Å². The van der Waals surface area contributed by atoms with E-state index in [2.05, 4.69) is 10.1 Å². The predicted molar refractivity (Wildman–Crippen MR) is 100 cm³/mol. The second-order valence-corrected chi connectivity index (χ2v) is 6.36. The van der Waals surface area contributed by atoms with Gasteiger partial charge in [-0.15, -0.1) is 0 Å². The molecule has 8 heteroatoms. The van der Waals surface area contributed by atoms with Crippen molar-refractivity contribution in [3.05, 3.63) is 47.5 Å². The molecule has 6 nitrogen and oxygen atoms in total.